The Labute approximate surface area is 159 Å². The fraction of sp³-hybridized carbons (Fsp3) is 0.409. The molecule has 1 N–H and O–H groups in total. The first-order valence-corrected chi connectivity index (χ1v) is 9.52. The average molecular weight is 372 g/mol. The summed E-state index contributed by atoms with van der Waals surface area (Å²) in [5, 5.41) is 3.57. The lowest BCUT2D eigenvalue weighted by atomic mass is 9.90. The van der Waals surface area contributed by atoms with E-state index in [1.54, 1.807) is 31.2 Å². The van der Waals surface area contributed by atoms with Gasteiger partial charge in [-0.05, 0) is 67.6 Å². The molecular weight excluding hydrogens is 346 g/mol. The van der Waals surface area contributed by atoms with Gasteiger partial charge in [-0.3, -0.25) is 4.79 Å². The van der Waals surface area contributed by atoms with E-state index >= 15 is 0 Å². The van der Waals surface area contributed by atoms with Gasteiger partial charge in [-0.2, -0.15) is 0 Å². The Morgan fingerprint density at radius 3 is 2.59 bits per heavy atom. The summed E-state index contributed by atoms with van der Waals surface area (Å²) in [7, 11) is 0. The van der Waals surface area contributed by atoms with Crippen LogP contribution in [0.5, 0.6) is 0 Å². The van der Waals surface area contributed by atoms with Gasteiger partial charge in [0.2, 0.25) is 5.91 Å². The molecule has 0 bridgehead atoms. The van der Waals surface area contributed by atoms with Crippen LogP contribution < -0.4 is 5.32 Å². The molecule has 0 radical (unpaired) electrons. The van der Waals surface area contributed by atoms with Crippen molar-refractivity contribution in [3.05, 3.63) is 71.3 Å². The topological polar surface area (TPSA) is 32.3 Å². The number of benzene rings is 2. The molecule has 0 aliphatic carbocycles. The van der Waals surface area contributed by atoms with Crippen LogP contribution in [0.3, 0.4) is 0 Å². The van der Waals surface area contributed by atoms with Gasteiger partial charge in [0, 0.05) is 19.5 Å². The second-order valence-corrected chi connectivity index (χ2v) is 7.19. The van der Waals surface area contributed by atoms with Crippen molar-refractivity contribution in [2.24, 2.45) is 0 Å². The SMILES string of the molecule is CC(=O)N1CCC[C@H](NCCc2cccc(F)c2)[C@@H]1Cc1ccc(F)cc1. The number of carbonyl (C=O) groups excluding carboxylic acids is 1. The second-order valence-electron chi connectivity index (χ2n) is 7.19. The van der Waals surface area contributed by atoms with E-state index in [4.69, 9.17) is 0 Å². The van der Waals surface area contributed by atoms with Gasteiger partial charge in [-0.25, -0.2) is 8.78 Å². The number of piperidine rings is 1. The van der Waals surface area contributed by atoms with Gasteiger partial charge in [0.1, 0.15) is 11.6 Å². The van der Waals surface area contributed by atoms with Crippen LogP contribution in [0.2, 0.25) is 0 Å². The molecule has 1 aliphatic heterocycles. The molecule has 1 fully saturated rings. The van der Waals surface area contributed by atoms with Gasteiger partial charge in [0.25, 0.3) is 0 Å². The number of nitrogens with one attached hydrogen (secondary N) is 1. The minimum atomic E-state index is -0.254. The van der Waals surface area contributed by atoms with Crippen LogP contribution in [0, 0.1) is 11.6 Å². The molecule has 144 valence electrons. The lowest BCUT2D eigenvalue weighted by Gasteiger charge is -2.41. The average Bonchev–Trinajstić information content (AvgIpc) is 2.64. The second kappa shape index (κ2) is 9.09. The van der Waals surface area contributed by atoms with E-state index in [0.29, 0.717) is 6.42 Å². The summed E-state index contributed by atoms with van der Waals surface area (Å²) in [6.07, 6.45) is 3.37. The van der Waals surface area contributed by atoms with Crippen molar-refractivity contribution in [1.29, 1.82) is 0 Å². The number of nitrogens with zero attached hydrogens (tertiary/aromatic N) is 1. The monoisotopic (exact) mass is 372 g/mol. The minimum absolute atomic E-state index is 0.0363. The van der Waals surface area contributed by atoms with E-state index in [1.165, 1.54) is 18.2 Å². The molecule has 2 atom stereocenters. The highest BCUT2D eigenvalue weighted by atomic mass is 19.1. The summed E-state index contributed by atoms with van der Waals surface area (Å²) in [6, 6.07) is 13.3. The van der Waals surface area contributed by atoms with E-state index in [1.807, 2.05) is 11.0 Å². The predicted octanol–water partition coefficient (Wildman–Crippen LogP) is 3.72. The smallest absolute Gasteiger partial charge is 0.219 e. The standard InChI is InChI=1S/C22H26F2N2O/c1-16(27)26-13-3-6-21(22(26)15-18-7-9-19(23)10-8-18)25-12-11-17-4-2-5-20(24)14-17/h2,4-5,7-10,14,21-22,25H,3,6,11-13,15H2,1H3/t21-,22-/m0/s1. The lowest BCUT2D eigenvalue weighted by molar-refractivity contribution is -0.133. The Morgan fingerprint density at radius 2 is 1.89 bits per heavy atom. The van der Waals surface area contributed by atoms with Gasteiger partial charge in [-0.1, -0.05) is 24.3 Å². The Kier molecular flexibility index (Phi) is 6.56. The summed E-state index contributed by atoms with van der Waals surface area (Å²) in [5.41, 5.74) is 1.98. The number of halogens is 2. The summed E-state index contributed by atoms with van der Waals surface area (Å²) >= 11 is 0. The molecule has 2 aromatic carbocycles. The first-order chi connectivity index (χ1) is 13.0. The van der Waals surface area contributed by atoms with Gasteiger partial charge in [-0.15, -0.1) is 0 Å². The number of rotatable bonds is 6. The third-order valence-corrected chi connectivity index (χ3v) is 5.25. The van der Waals surface area contributed by atoms with Crippen LogP contribution in [0.1, 0.15) is 30.9 Å². The largest absolute Gasteiger partial charge is 0.338 e. The fourth-order valence-corrected chi connectivity index (χ4v) is 3.89. The van der Waals surface area contributed by atoms with Crippen LogP contribution in [-0.2, 0) is 17.6 Å². The fourth-order valence-electron chi connectivity index (χ4n) is 3.89. The van der Waals surface area contributed by atoms with Crippen LogP contribution in [-0.4, -0.2) is 36.0 Å². The minimum Gasteiger partial charge on any atom is -0.338 e. The van der Waals surface area contributed by atoms with Crippen LogP contribution in [0.25, 0.3) is 0 Å². The maximum absolute atomic E-state index is 13.3. The third-order valence-electron chi connectivity index (χ3n) is 5.25. The van der Waals surface area contributed by atoms with E-state index < -0.39 is 0 Å². The van der Waals surface area contributed by atoms with E-state index in [2.05, 4.69) is 5.32 Å². The molecule has 0 saturated carbocycles. The molecule has 1 heterocycles. The Balaban J connectivity index is 1.66. The molecule has 27 heavy (non-hydrogen) atoms. The number of amides is 1. The van der Waals surface area contributed by atoms with Crippen LogP contribution in [0.15, 0.2) is 48.5 Å². The number of hydrogen-bond acceptors (Lipinski definition) is 2. The van der Waals surface area contributed by atoms with Crippen molar-refractivity contribution in [2.45, 2.75) is 44.7 Å². The van der Waals surface area contributed by atoms with Crippen LogP contribution >= 0.6 is 0 Å². The first kappa shape index (κ1) is 19.5. The molecule has 0 aromatic heterocycles. The zero-order valence-electron chi connectivity index (χ0n) is 15.6. The highest BCUT2D eigenvalue weighted by molar-refractivity contribution is 5.73. The quantitative estimate of drug-likeness (QED) is 0.838. The Morgan fingerprint density at radius 1 is 1.11 bits per heavy atom. The zero-order chi connectivity index (χ0) is 19.2. The number of carbonyl (C=O) groups is 1. The lowest BCUT2D eigenvalue weighted by Crippen LogP contribution is -2.56. The highest BCUT2D eigenvalue weighted by Crippen LogP contribution is 2.22. The van der Waals surface area contributed by atoms with Crippen LogP contribution in [0.4, 0.5) is 8.78 Å². The van der Waals surface area contributed by atoms with Gasteiger partial charge in [0.05, 0.1) is 6.04 Å². The van der Waals surface area contributed by atoms with E-state index in [0.717, 1.165) is 43.5 Å². The zero-order valence-corrected chi connectivity index (χ0v) is 15.6. The van der Waals surface area contributed by atoms with Crippen molar-refractivity contribution in [1.82, 2.24) is 10.2 Å². The predicted molar refractivity (Wildman–Crippen MR) is 102 cm³/mol. The van der Waals surface area contributed by atoms with Crippen molar-refractivity contribution in [2.75, 3.05) is 13.1 Å². The molecule has 3 rings (SSSR count). The van der Waals surface area contributed by atoms with E-state index in [-0.39, 0.29) is 29.6 Å². The maximum Gasteiger partial charge on any atom is 0.219 e. The summed E-state index contributed by atoms with van der Waals surface area (Å²) < 4.78 is 26.5. The van der Waals surface area contributed by atoms with Crippen molar-refractivity contribution in [3.8, 4) is 0 Å². The molecule has 1 amide bonds. The molecule has 2 aromatic rings. The third kappa shape index (κ3) is 5.36. The molecular formula is C22H26F2N2O. The van der Waals surface area contributed by atoms with Crippen molar-refractivity contribution >= 4 is 5.91 Å². The highest BCUT2D eigenvalue weighted by Gasteiger charge is 2.32. The maximum atomic E-state index is 13.3. The molecule has 3 nitrogen and oxygen atoms in total. The molecule has 0 spiro atoms. The number of hydrogen-bond donors (Lipinski definition) is 1. The molecule has 5 heteroatoms. The summed E-state index contributed by atoms with van der Waals surface area (Å²) in [5.74, 6) is -0.406. The van der Waals surface area contributed by atoms with Gasteiger partial charge in [0.15, 0.2) is 0 Å². The van der Waals surface area contributed by atoms with Crippen molar-refractivity contribution in [3.63, 3.8) is 0 Å². The Bertz CT molecular complexity index is 763. The van der Waals surface area contributed by atoms with Crippen molar-refractivity contribution < 1.29 is 13.6 Å². The van der Waals surface area contributed by atoms with E-state index in [9.17, 15) is 13.6 Å². The first-order valence-electron chi connectivity index (χ1n) is 9.52. The van der Waals surface area contributed by atoms with Gasteiger partial charge >= 0.3 is 0 Å². The molecule has 1 saturated heterocycles. The summed E-state index contributed by atoms with van der Waals surface area (Å²) in [6.45, 7) is 3.08. The van der Waals surface area contributed by atoms with Gasteiger partial charge < -0.3 is 10.2 Å². The Hall–Kier alpha value is -2.27. The normalized spacial score (nSPS) is 19.9. The number of likely N-dealkylation sites (tertiary alicyclic amines) is 1. The molecule has 1 aliphatic rings. The molecule has 0 unspecified atom stereocenters. The summed E-state index contributed by atoms with van der Waals surface area (Å²) in [4.78, 5) is 14.1.